The Balaban J connectivity index is 1.69. The number of nitrogens with one attached hydrogen (secondary N) is 1. The summed E-state index contributed by atoms with van der Waals surface area (Å²) in [7, 11) is 2.90. The van der Waals surface area contributed by atoms with E-state index < -0.39 is 11.2 Å². The predicted molar refractivity (Wildman–Crippen MR) is 102 cm³/mol. The molecular formula is C19H23N5O3. The van der Waals surface area contributed by atoms with Crippen LogP contribution in [-0.2, 0) is 25.4 Å². The normalized spacial score (nSPS) is 17.4. The zero-order chi connectivity index (χ0) is 19.4. The topological polar surface area (TPSA) is 92.3 Å². The lowest BCUT2D eigenvalue weighted by atomic mass is 10.2. The average Bonchev–Trinajstić information content (AvgIpc) is 2.69. The molecule has 1 N–H and O–H groups in total. The average molecular weight is 369 g/mol. The monoisotopic (exact) mass is 369 g/mol. The maximum atomic E-state index is 12.1. The Hall–Kier alpha value is -2.89. The first-order chi connectivity index (χ1) is 13.0. The van der Waals surface area contributed by atoms with Gasteiger partial charge in [-0.25, -0.2) is 4.79 Å². The van der Waals surface area contributed by atoms with Gasteiger partial charge in [-0.3, -0.25) is 18.8 Å². The molecule has 1 fully saturated rings. The quantitative estimate of drug-likeness (QED) is 0.813. The molecule has 8 heteroatoms. The molecule has 27 heavy (non-hydrogen) atoms. The Kier molecular flexibility index (Phi) is 5.74. The maximum Gasteiger partial charge on any atom is 0.332 e. The molecule has 2 heterocycles. The first kappa shape index (κ1) is 18.9. The van der Waals surface area contributed by atoms with Crippen LogP contribution in [0.25, 0.3) is 0 Å². The van der Waals surface area contributed by atoms with Gasteiger partial charge < -0.3 is 10.1 Å². The Morgan fingerprint density at radius 1 is 1.22 bits per heavy atom. The van der Waals surface area contributed by atoms with Crippen molar-refractivity contribution in [3.8, 4) is 6.07 Å². The second kappa shape index (κ2) is 8.20. The van der Waals surface area contributed by atoms with Crippen molar-refractivity contribution in [3.63, 3.8) is 0 Å². The Morgan fingerprint density at radius 2 is 1.96 bits per heavy atom. The number of ether oxygens (including phenoxy) is 1. The molecule has 0 saturated carbocycles. The molecular weight excluding hydrogens is 346 g/mol. The van der Waals surface area contributed by atoms with Gasteiger partial charge in [-0.05, 0) is 5.56 Å². The van der Waals surface area contributed by atoms with Gasteiger partial charge in [-0.15, -0.1) is 0 Å². The standard InChI is InChI=1S/C19H23N5O3/c1-22-17(16(10-20)18(25)23(2)19(22)26)21-11-15-13-24(8-9-27-15)12-14-6-4-3-5-7-14/h3-7,15,21H,8-9,11-13H2,1-2H3/t15-/m0/s1. The van der Waals surface area contributed by atoms with E-state index in [-0.39, 0.29) is 17.5 Å². The van der Waals surface area contributed by atoms with Gasteiger partial charge in [0.25, 0.3) is 5.56 Å². The molecule has 1 saturated heterocycles. The van der Waals surface area contributed by atoms with Gasteiger partial charge in [0.15, 0.2) is 5.56 Å². The van der Waals surface area contributed by atoms with Crippen LogP contribution in [0.4, 0.5) is 5.82 Å². The molecule has 0 spiro atoms. The van der Waals surface area contributed by atoms with Crippen LogP contribution in [0.3, 0.4) is 0 Å². The van der Waals surface area contributed by atoms with E-state index in [0.717, 1.165) is 24.2 Å². The van der Waals surface area contributed by atoms with Crippen LogP contribution in [0.1, 0.15) is 11.1 Å². The number of benzene rings is 1. The number of rotatable bonds is 5. The van der Waals surface area contributed by atoms with Crippen molar-refractivity contribution in [2.24, 2.45) is 14.1 Å². The molecule has 0 radical (unpaired) electrons. The fourth-order valence-corrected chi connectivity index (χ4v) is 3.25. The third kappa shape index (κ3) is 4.10. The van der Waals surface area contributed by atoms with Crippen LogP contribution in [0, 0.1) is 11.3 Å². The van der Waals surface area contributed by atoms with Crippen molar-refractivity contribution < 1.29 is 4.74 Å². The lowest BCUT2D eigenvalue weighted by Crippen LogP contribution is -2.46. The van der Waals surface area contributed by atoms with Gasteiger partial charge in [0, 0.05) is 40.3 Å². The van der Waals surface area contributed by atoms with E-state index in [1.165, 1.54) is 24.2 Å². The number of morpholine rings is 1. The zero-order valence-electron chi connectivity index (χ0n) is 15.5. The molecule has 1 aromatic carbocycles. The van der Waals surface area contributed by atoms with E-state index in [1.807, 2.05) is 24.3 Å². The Morgan fingerprint density at radius 3 is 2.67 bits per heavy atom. The van der Waals surface area contributed by atoms with Crippen molar-refractivity contribution in [3.05, 3.63) is 62.3 Å². The number of nitrogens with zero attached hydrogens (tertiary/aromatic N) is 4. The largest absolute Gasteiger partial charge is 0.374 e. The summed E-state index contributed by atoms with van der Waals surface area (Å²) < 4.78 is 8.02. The van der Waals surface area contributed by atoms with Crippen LogP contribution >= 0.6 is 0 Å². The SMILES string of the molecule is Cn1c(NC[C@H]2CN(Cc3ccccc3)CCO2)c(C#N)c(=O)n(C)c1=O. The second-order valence-electron chi connectivity index (χ2n) is 6.64. The second-order valence-corrected chi connectivity index (χ2v) is 6.64. The maximum absolute atomic E-state index is 12.1. The first-order valence-electron chi connectivity index (χ1n) is 8.83. The first-order valence-corrected chi connectivity index (χ1v) is 8.83. The number of aromatic nitrogens is 2. The third-order valence-corrected chi connectivity index (χ3v) is 4.75. The van der Waals surface area contributed by atoms with E-state index in [2.05, 4.69) is 22.3 Å². The molecule has 0 aliphatic carbocycles. The van der Waals surface area contributed by atoms with Crippen LogP contribution < -0.4 is 16.6 Å². The van der Waals surface area contributed by atoms with E-state index in [1.54, 1.807) is 0 Å². The summed E-state index contributed by atoms with van der Waals surface area (Å²) >= 11 is 0. The minimum absolute atomic E-state index is 0.0726. The fourth-order valence-electron chi connectivity index (χ4n) is 3.25. The van der Waals surface area contributed by atoms with Crippen LogP contribution in [-0.4, -0.2) is 46.4 Å². The molecule has 3 rings (SSSR count). The van der Waals surface area contributed by atoms with Crippen LogP contribution in [0.15, 0.2) is 39.9 Å². The van der Waals surface area contributed by atoms with E-state index in [4.69, 9.17) is 4.74 Å². The van der Waals surface area contributed by atoms with Crippen molar-refractivity contribution in [2.75, 3.05) is 31.6 Å². The summed E-state index contributed by atoms with van der Waals surface area (Å²) in [6, 6.07) is 12.1. The molecule has 0 bridgehead atoms. The summed E-state index contributed by atoms with van der Waals surface area (Å²) in [5.41, 5.74) is 0.0958. The molecule has 1 aliphatic heterocycles. The molecule has 142 valence electrons. The summed E-state index contributed by atoms with van der Waals surface area (Å²) in [6.45, 7) is 3.43. The van der Waals surface area contributed by atoms with Gasteiger partial charge in [-0.1, -0.05) is 30.3 Å². The van der Waals surface area contributed by atoms with Gasteiger partial charge in [-0.2, -0.15) is 5.26 Å². The minimum Gasteiger partial charge on any atom is -0.374 e. The molecule has 0 unspecified atom stereocenters. The molecule has 8 nitrogen and oxygen atoms in total. The van der Waals surface area contributed by atoms with Crippen molar-refractivity contribution in [2.45, 2.75) is 12.6 Å². The lowest BCUT2D eigenvalue weighted by molar-refractivity contribution is -0.0241. The number of anilines is 1. The minimum atomic E-state index is -0.599. The molecule has 2 aromatic rings. The Bertz CT molecular complexity index is 958. The van der Waals surface area contributed by atoms with E-state index in [9.17, 15) is 14.9 Å². The number of hydrogen-bond acceptors (Lipinski definition) is 6. The summed E-state index contributed by atoms with van der Waals surface area (Å²) in [4.78, 5) is 26.6. The van der Waals surface area contributed by atoms with E-state index in [0.29, 0.717) is 13.2 Å². The molecule has 1 atom stereocenters. The third-order valence-electron chi connectivity index (χ3n) is 4.75. The lowest BCUT2D eigenvalue weighted by Gasteiger charge is -2.33. The van der Waals surface area contributed by atoms with Crippen LogP contribution in [0.2, 0.25) is 0 Å². The molecule has 1 aromatic heterocycles. The molecule has 0 amide bonds. The van der Waals surface area contributed by atoms with Gasteiger partial charge in [0.1, 0.15) is 11.9 Å². The van der Waals surface area contributed by atoms with Crippen molar-refractivity contribution in [1.82, 2.24) is 14.0 Å². The highest BCUT2D eigenvalue weighted by Gasteiger charge is 2.22. The number of hydrogen-bond donors (Lipinski definition) is 1. The smallest absolute Gasteiger partial charge is 0.332 e. The Labute approximate surface area is 157 Å². The van der Waals surface area contributed by atoms with Crippen molar-refractivity contribution in [1.29, 1.82) is 5.26 Å². The summed E-state index contributed by atoms with van der Waals surface area (Å²) in [5, 5.41) is 12.4. The van der Waals surface area contributed by atoms with Crippen molar-refractivity contribution >= 4 is 5.82 Å². The van der Waals surface area contributed by atoms with E-state index >= 15 is 0 Å². The van der Waals surface area contributed by atoms with Gasteiger partial charge in [0.05, 0.1) is 12.7 Å². The highest BCUT2D eigenvalue weighted by molar-refractivity contribution is 5.51. The summed E-state index contributed by atoms with van der Waals surface area (Å²) in [6.07, 6.45) is -0.104. The fraction of sp³-hybridized carbons (Fsp3) is 0.421. The number of nitriles is 1. The molecule has 1 aliphatic rings. The van der Waals surface area contributed by atoms with Gasteiger partial charge >= 0.3 is 5.69 Å². The van der Waals surface area contributed by atoms with Crippen LogP contribution in [0.5, 0.6) is 0 Å². The van der Waals surface area contributed by atoms with Gasteiger partial charge in [0.2, 0.25) is 0 Å². The highest BCUT2D eigenvalue weighted by atomic mass is 16.5. The summed E-state index contributed by atoms with van der Waals surface area (Å²) in [5.74, 6) is 0.231. The predicted octanol–water partition coefficient (Wildman–Crippen LogP) is 0.269. The highest BCUT2D eigenvalue weighted by Crippen LogP contribution is 2.12. The zero-order valence-corrected chi connectivity index (χ0v) is 15.5.